The van der Waals surface area contributed by atoms with Crippen LogP contribution in [0.5, 0.6) is 0 Å². The number of carboxylic acids is 1. The molecule has 1 saturated heterocycles. The van der Waals surface area contributed by atoms with Gasteiger partial charge in [0, 0.05) is 24.8 Å². The molecule has 7 heteroatoms. The Morgan fingerprint density at radius 3 is 2.65 bits per heavy atom. The van der Waals surface area contributed by atoms with Crippen LogP contribution in [0, 0.1) is 11.7 Å². The average molecular weight is 483 g/mol. The number of nitrogens with zero attached hydrogens (tertiary/aromatic N) is 2. The minimum absolute atomic E-state index is 0.0785. The second-order valence-electron chi connectivity index (χ2n) is 7.83. The van der Waals surface area contributed by atoms with Gasteiger partial charge in [-0.3, -0.25) is 4.98 Å². The van der Waals surface area contributed by atoms with Gasteiger partial charge in [-0.05, 0) is 58.5 Å². The Kier molecular flexibility index (Phi) is 5.24. The summed E-state index contributed by atoms with van der Waals surface area (Å²) in [6.07, 6.45) is 3.01. The van der Waals surface area contributed by atoms with E-state index in [9.17, 15) is 9.90 Å². The first kappa shape index (κ1) is 20.2. The Balaban J connectivity index is 1.89. The quantitative estimate of drug-likeness (QED) is 0.398. The molecule has 1 unspecified atom stereocenters. The zero-order valence-electron chi connectivity index (χ0n) is 16.6. The highest BCUT2D eigenvalue weighted by Crippen LogP contribution is 2.42. The minimum atomic E-state index is -1.06. The van der Waals surface area contributed by atoms with Gasteiger partial charge in [-0.25, -0.2) is 9.18 Å². The molecule has 0 bridgehead atoms. The molecule has 158 valence electrons. The van der Waals surface area contributed by atoms with Crippen molar-refractivity contribution in [2.75, 3.05) is 13.2 Å². The maximum absolute atomic E-state index is 15.6. The van der Waals surface area contributed by atoms with E-state index in [1.165, 1.54) is 6.20 Å². The fourth-order valence-electron chi connectivity index (χ4n) is 4.65. The molecule has 2 aromatic carbocycles. The number of pyridine rings is 1. The standard InChI is InChI=1S/C24H20BrFN2O3/c25-18-7-6-17-21-19(12-16(13-27-21)24(29)30)28(23(17)20(18)26)22(14-4-2-1-3-5-14)15-8-10-31-11-9-15/h1-7,12-13,15,22H,8-11H2,(H,29,30). The molecule has 1 atom stereocenters. The monoisotopic (exact) mass is 482 g/mol. The molecule has 5 nitrogen and oxygen atoms in total. The molecule has 1 aliphatic heterocycles. The van der Waals surface area contributed by atoms with Crippen molar-refractivity contribution in [3.05, 3.63) is 76.1 Å². The van der Waals surface area contributed by atoms with E-state index in [-0.39, 0.29) is 23.3 Å². The van der Waals surface area contributed by atoms with Gasteiger partial charge >= 0.3 is 5.97 Å². The highest BCUT2D eigenvalue weighted by atomic mass is 79.9. The Labute approximate surface area is 186 Å². The highest BCUT2D eigenvalue weighted by Gasteiger charge is 2.31. The molecular weight excluding hydrogens is 463 g/mol. The van der Waals surface area contributed by atoms with Gasteiger partial charge in [0.05, 0.1) is 32.6 Å². The summed E-state index contributed by atoms with van der Waals surface area (Å²) in [6, 6.07) is 14.9. The van der Waals surface area contributed by atoms with Gasteiger partial charge < -0.3 is 14.4 Å². The van der Waals surface area contributed by atoms with E-state index in [2.05, 4.69) is 20.9 Å². The topological polar surface area (TPSA) is 64.3 Å². The molecule has 0 amide bonds. The molecule has 0 aliphatic carbocycles. The predicted octanol–water partition coefficient (Wildman–Crippen LogP) is 5.81. The first-order valence-electron chi connectivity index (χ1n) is 10.2. The number of aromatic nitrogens is 2. The van der Waals surface area contributed by atoms with Crippen LogP contribution in [0.25, 0.3) is 21.9 Å². The summed E-state index contributed by atoms with van der Waals surface area (Å²) < 4.78 is 23.5. The van der Waals surface area contributed by atoms with Crippen molar-refractivity contribution < 1.29 is 19.0 Å². The van der Waals surface area contributed by atoms with Crippen molar-refractivity contribution in [1.29, 1.82) is 0 Å². The Hall–Kier alpha value is -2.77. The van der Waals surface area contributed by atoms with Gasteiger partial charge in [-0.15, -0.1) is 0 Å². The van der Waals surface area contributed by atoms with E-state index >= 15 is 4.39 Å². The van der Waals surface area contributed by atoms with E-state index in [4.69, 9.17) is 4.74 Å². The SMILES string of the molecule is O=C(O)c1cnc2c3ccc(Br)c(F)c3n(C(c3ccccc3)C3CCOCC3)c2c1. The molecule has 1 fully saturated rings. The van der Waals surface area contributed by atoms with E-state index in [0.29, 0.717) is 39.6 Å². The summed E-state index contributed by atoms with van der Waals surface area (Å²) in [5, 5.41) is 10.2. The molecule has 1 N–H and O–H groups in total. The van der Waals surface area contributed by atoms with E-state index < -0.39 is 5.97 Å². The number of carbonyl (C=O) groups is 1. The van der Waals surface area contributed by atoms with Gasteiger partial charge in [0.25, 0.3) is 0 Å². The van der Waals surface area contributed by atoms with Crippen LogP contribution in [0.1, 0.15) is 34.8 Å². The highest BCUT2D eigenvalue weighted by molar-refractivity contribution is 9.10. The van der Waals surface area contributed by atoms with Crippen LogP contribution in [0.15, 0.2) is 59.2 Å². The summed E-state index contributed by atoms with van der Waals surface area (Å²) in [5.74, 6) is -1.22. The lowest BCUT2D eigenvalue weighted by Crippen LogP contribution is -2.27. The zero-order chi connectivity index (χ0) is 21.5. The summed E-state index contributed by atoms with van der Waals surface area (Å²) in [6.45, 7) is 1.30. The summed E-state index contributed by atoms with van der Waals surface area (Å²) in [5.41, 5.74) is 2.77. The number of aromatic carboxylic acids is 1. The second-order valence-corrected chi connectivity index (χ2v) is 8.68. The van der Waals surface area contributed by atoms with Gasteiger partial charge in [0.1, 0.15) is 0 Å². The van der Waals surface area contributed by atoms with Crippen LogP contribution < -0.4 is 0 Å². The third-order valence-electron chi connectivity index (χ3n) is 6.07. The number of hydrogen-bond acceptors (Lipinski definition) is 3. The number of benzene rings is 2. The first-order valence-corrected chi connectivity index (χ1v) is 11.0. The third-order valence-corrected chi connectivity index (χ3v) is 6.68. The maximum Gasteiger partial charge on any atom is 0.337 e. The number of fused-ring (bicyclic) bond motifs is 3. The molecule has 4 aromatic rings. The van der Waals surface area contributed by atoms with Crippen LogP contribution in [0.2, 0.25) is 0 Å². The van der Waals surface area contributed by atoms with Crippen LogP contribution >= 0.6 is 15.9 Å². The van der Waals surface area contributed by atoms with Gasteiger partial charge in [0.2, 0.25) is 0 Å². The molecule has 0 radical (unpaired) electrons. The molecule has 5 rings (SSSR count). The predicted molar refractivity (Wildman–Crippen MR) is 120 cm³/mol. The third kappa shape index (κ3) is 3.42. The molecule has 0 spiro atoms. The van der Waals surface area contributed by atoms with Crippen molar-refractivity contribution in [2.24, 2.45) is 5.92 Å². The fraction of sp³-hybridized carbons (Fsp3) is 0.250. The molecule has 31 heavy (non-hydrogen) atoms. The summed E-state index contributed by atoms with van der Waals surface area (Å²) in [4.78, 5) is 16.1. The largest absolute Gasteiger partial charge is 0.478 e. The van der Waals surface area contributed by atoms with E-state index in [1.54, 1.807) is 12.1 Å². The number of ether oxygens (including phenoxy) is 1. The zero-order valence-corrected chi connectivity index (χ0v) is 18.2. The Bertz CT molecular complexity index is 1280. The Morgan fingerprint density at radius 2 is 1.94 bits per heavy atom. The number of halogens is 2. The number of hydrogen-bond donors (Lipinski definition) is 1. The number of rotatable bonds is 4. The van der Waals surface area contributed by atoms with Gasteiger partial charge in [-0.2, -0.15) is 0 Å². The summed E-state index contributed by atoms with van der Waals surface area (Å²) in [7, 11) is 0. The van der Waals surface area contributed by atoms with Crippen LogP contribution in [0.3, 0.4) is 0 Å². The second kappa shape index (κ2) is 8.05. The van der Waals surface area contributed by atoms with Crippen LogP contribution in [0.4, 0.5) is 4.39 Å². The van der Waals surface area contributed by atoms with E-state index in [0.717, 1.165) is 18.4 Å². The fourth-order valence-corrected chi connectivity index (χ4v) is 4.97. The van der Waals surface area contributed by atoms with Crippen molar-refractivity contribution in [3.8, 4) is 0 Å². The number of carboxylic acid groups (broad SMARTS) is 1. The summed E-state index contributed by atoms with van der Waals surface area (Å²) >= 11 is 3.32. The van der Waals surface area contributed by atoms with Gasteiger partial charge in [-0.1, -0.05) is 30.3 Å². The molecule has 0 saturated carbocycles. The smallest absolute Gasteiger partial charge is 0.337 e. The normalized spacial score (nSPS) is 16.1. The van der Waals surface area contributed by atoms with Crippen LogP contribution in [-0.2, 0) is 4.74 Å². The molecule has 1 aliphatic rings. The average Bonchev–Trinajstić information content (AvgIpc) is 3.12. The molecule has 3 heterocycles. The lowest BCUT2D eigenvalue weighted by atomic mass is 9.86. The first-order chi connectivity index (χ1) is 15.1. The lowest BCUT2D eigenvalue weighted by Gasteiger charge is -2.33. The minimum Gasteiger partial charge on any atom is -0.478 e. The van der Waals surface area contributed by atoms with Crippen molar-refractivity contribution >= 4 is 43.8 Å². The van der Waals surface area contributed by atoms with Gasteiger partial charge in [0.15, 0.2) is 5.82 Å². The van der Waals surface area contributed by atoms with Crippen molar-refractivity contribution in [3.63, 3.8) is 0 Å². The van der Waals surface area contributed by atoms with Crippen LogP contribution in [-0.4, -0.2) is 33.8 Å². The molecule has 2 aromatic heterocycles. The van der Waals surface area contributed by atoms with Crippen molar-refractivity contribution in [1.82, 2.24) is 9.55 Å². The molecular formula is C24H20BrFN2O3. The lowest BCUT2D eigenvalue weighted by molar-refractivity contribution is 0.0552. The Morgan fingerprint density at radius 1 is 1.19 bits per heavy atom. The van der Waals surface area contributed by atoms with Crippen molar-refractivity contribution in [2.45, 2.75) is 18.9 Å². The van der Waals surface area contributed by atoms with E-state index in [1.807, 2.05) is 41.0 Å². The maximum atomic E-state index is 15.6.